The van der Waals surface area contributed by atoms with E-state index in [-0.39, 0.29) is 17.0 Å². The molecule has 1 aliphatic rings. The molecule has 5 nitrogen and oxygen atoms in total. The van der Waals surface area contributed by atoms with Gasteiger partial charge in [0.25, 0.3) is 11.5 Å². The molecule has 0 radical (unpaired) electrons. The third-order valence-electron chi connectivity index (χ3n) is 5.65. The summed E-state index contributed by atoms with van der Waals surface area (Å²) in [7, 11) is 2.12. The van der Waals surface area contributed by atoms with E-state index in [4.69, 9.17) is 0 Å². The SMILES string of the molecule is Cc1cccc(Cn2cccc(C(=O)NCCN(C)C3CCCCC3)c2=O)c1. The van der Waals surface area contributed by atoms with Gasteiger partial charge in [0, 0.05) is 25.3 Å². The zero-order chi connectivity index (χ0) is 19.9. The minimum atomic E-state index is -0.291. The second kappa shape index (κ2) is 9.69. The molecule has 0 spiro atoms. The summed E-state index contributed by atoms with van der Waals surface area (Å²) in [6.07, 6.45) is 8.15. The van der Waals surface area contributed by atoms with Gasteiger partial charge in [0.05, 0.1) is 6.54 Å². The summed E-state index contributed by atoms with van der Waals surface area (Å²) in [5.74, 6) is -0.291. The summed E-state index contributed by atoms with van der Waals surface area (Å²) in [6, 6.07) is 12.0. The van der Waals surface area contributed by atoms with E-state index in [2.05, 4.69) is 23.3 Å². The Hall–Kier alpha value is -2.40. The number of rotatable bonds is 7. The highest BCUT2D eigenvalue weighted by Crippen LogP contribution is 2.21. The van der Waals surface area contributed by atoms with Crippen LogP contribution in [0.4, 0.5) is 0 Å². The quantitative estimate of drug-likeness (QED) is 0.801. The Bertz CT molecular complexity index is 853. The Morgan fingerprint density at radius 3 is 2.71 bits per heavy atom. The van der Waals surface area contributed by atoms with Crippen molar-refractivity contribution in [3.05, 3.63) is 69.6 Å². The maximum atomic E-state index is 12.7. The van der Waals surface area contributed by atoms with Crippen molar-refractivity contribution < 1.29 is 4.79 Å². The second-order valence-corrected chi connectivity index (χ2v) is 7.87. The van der Waals surface area contributed by atoms with Crippen molar-refractivity contribution in [1.82, 2.24) is 14.8 Å². The fourth-order valence-electron chi connectivity index (χ4n) is 3.99. The number of hydrogen-bond donors (Lipinski definition) is 1. The van der Waals surface area contributed by atoms with Gasteiger partial charge in [0.2, 0.25) is 0 Å². The lowest BCUT2D eigenvalue weighted by atomic mass is 9.94. The van der Waals surface area contributed by atoms with E-state index < -0.39 is 0 Å². The smallest absolute Gasteiger partial charge is 0.263 e. The van der Waals surface area contributed by atoms with Gasteiger partial charge in [-0.15, -0.1) is 0 Å². The van der Waals surface area contributed by atoms with Crippen LogP contribution < -0.4 is 10.9 Å². The van der Waals surface area contributed by atoms with Crippen molar-refractivity contribution in [3.63, 3.8) is 0 Å². The van der Waals surface area contributed by atoms with Crippen LogP contribution in [0.25, 0.3) is 0 Å². The van der Waals surface area contributed by atoms with Gasteiger partial charge in [0.15, 0.2) is 0 Å². The summed E-state index contributed by atoms with van der Waals surface area (Å²) < 4.78 is 1.60. The molecule has 2 aromatic rings. The zero-order valence-electron chi connectivity index (χ0n) is 17.0. The van der Waals surface area contributed by atoms with E-state index in [1.165, 1.54) is 32.1 Å². The molecule has 150 valence electrons. The molecule has 1 N–H and O–H groups in total. The average molecular weight is 382 g/mol. The van der Waals surface area contributed by atoms with Crippen molar-refractivity contribution >= 4 is 5.91 Å². The van der Waals surface area contributed by atoms with Gasteiger partial charge in [-0.05, 0) is 44.5 Å². The van der Waals surface area contributed by atoms with Gasteiger partial charge in [0.1, 0.15) is 5.56 Å². The summed E-state index contributed by atoms with van der Waals surface area (Å²) in [5, 5.41) is 2.92. The second-order valence-electron chi connectivity index (χ2n) is 7.87. The van der Waals surface area contributed by atoms with Crippen molar-refractivity contribution in [1.29, 1.82) is 0 Å². The standard InChI is InChI=1S/C23H31N3O2/c1-18-8-6-9-19(16-18)17-26-14-7-12-21(23(26)28)22(27)24-13-15-25(2)20-10-4-3-5-11-20/h6-9,12,14,16,20H,3-5,10-11,13,15,17H2,1-2H3,(H,24,27). The predicted octanol–water partition coefficient (Wildman–Crippen LogP) is 3.20. The largest absolute Gasteiger partial charge is 0.351 e. The molecule has 1 heterocycles. The zero-order valence-corrected chi connectivity index (χ0v) is 17.0. The summed E-state index contributed by atoms with van der Waals surface area (Å²) in [6.45, 7) is 3.85. The fraction of sp³-hybridized carbons (Fsp3) is 0.478. The van der Waals surface area contributed by atoms with Crippen LogP contribution in [0.2, 0.25) is 0 Å². The Morgan fingerprint density at radius 1 is 1.18 bits per heavy atom. The van der Waals surface area contributed by atoms with Crippen LogP contribution in [-0.2, 0) is 6.54 Å². The van der Waals surface area contributed by atoms with Crippen molar-refractivity contribution in [2.75, 3.05) is 20.1 Å². The molecule has 0 bridgehead atoms. The number of carbonyl (C=O) groups is 1. The van der Waals surface area contributed by atoms with Gasteiger partial charge < -0.3 is 14.8 Å². The van der Waals surface area contributed by atoms with Crippen LogP contribution in [0.15, 0.2) is 47.4 Å². The number of nitrogens with zero attached hydrogens (tertiary/aromatic N) is 2. The van der Waals surface area contributed by atoms with Crippen LogP contribution in [0.3, 0.4) is 0 Å². The number of hydrogen-bond acceptors (Lipinski definition) is 3. The monoisotopic (exact) mass is 381 g/mol. The first kappa shape index (κ1) is 20.3. The van der Waals surface area contributed by atoms with Gasteiger partial charge in [-0.2, -0.15) is 0 Å². The van der Waals surface area contributed by atoms with Crippen LogP contribution in [-0.4, -0.2) is 41.6 Å². The molecule has 1 saturated carbocycles. The van der Waals surface area contributed by atoms with Gasteiger partial charge in [-0.1, -0.05) is 49.1 Å². The number of aromatic nitrogens is 1. The summed E-state index contributed by atoms with van der Waals surface area (Å²) >= 11 is 0. The average Bonchev–Trinajstić information content (AvgIpc) is 2.70. The molecule has 3 rings (SSSR count). The summed E-state index contributed by atoms with van der Waals surface area (Å²) in [5.41, 5.74) is 2.16. The predicted molar refractivity (Wildman–Crippen MR) is 113 cm³/mol. The van der Waals surface area contributed by atoms with Crippen LogP contribution in [0.1, 0.15) is 53.6 Å². The highest BCUT2D eigenvalue weighted by atomic mass is 16.2. The van der Waals surface area contributed by atoms with Crippen LogP contribution in [0.5, 0.6) is 0 Å². The maximum absolute atomic E-state index is 12.7. The first-order chi connectivity index (χ1) is 13.5. The Labute approximate surface area is 167 Å². The molecule has 28 heavy (non-hydrogen) atoms. The van der Waals surface area contributed by atoms with E-state index in [1.807, 2.05) is 25.1 Å². The molecule has 1 fully saturated rings. The Morgan fingerprint density at radius 2 is 1.96 bits per heavy atom. The minimum absolute atomic E-state index is 0.204. The van der Waals surface area contributed by atoms with E-state index in [1.54, 1.807) is 22.9 Å². The van der Waals surface area contributed by atoms with Crippen molar-refractivity contribution in [3.8, 4) is 0 Å². The Balaban J connectivity index is 1.58. The number of likely N-dealkylation sites (N-methyl/N-ethyl adjacent to an activating group) is 1. The molecule has 5 heteroatoms. The molecule has 0 saturated heterocycles. The Kier molecular flexibility index (Phi) is 7.04. The van der Waals surface area contributed by atoms with E-state index >= 15 is 0 Å². The first-order valence-corrected chi connectivity index (χ1v) is 10.3. The molecular formula is C23H31N3O2. The molecule has 1 aromatic carbocycles. The molecular weight excluding hydrogens is 350 g/mol. The van der Waals surface area contributed by atoms with Crippen molar-refractivity contribution in [2.45, 2.75) is 51.6 Å². The molecule has 0 unspecified atom stereocenters. The lowest BCUT2D eigenvalue weighted by Gasteiger charge is -2.31. The molecule has 1 aliphatic carbocycles. The number of benzene rings is 1. The third-order valence-corrected chi connectivity index (χ3v) is 5.65. The molecule has 0 aliphatic heterocycles. The van der Waals surface area contributed by atoms with Gasteiger partial charge >= 0.3 is 0 Å². The molecule has 1 aromatic heterocycles. The lowest BCUT2D eigenvalue weighted by molar-refractivity contribution is 0.0942. The minimum Gasteiger partial charge on any atom is -0.351 e. The lowest BCUT2D eigenvalue weighted by Crippen LogP contribution is -2.40. The maximum Gasteiger partial charge on any atom is 0.263 e. The highest BCUT2D eigenvalue weighted by molar-refractivity contribution is 5.93. The number of aryl methyl sites for hydroxylation is 1. The summed E-state index contributed by atoms with van der Waals surface area (Å²) in [4.78, 5) is 27.6. The highest BCUT2D eigenvalue weighted by Gasteiger charge is 2.18. The van der Waals surface area contributed by atoms with E-state index in [0.717, 1.165) is 17.7 Å². The molecule has 0 atom stereocenters. The number of pyridine rings is 1. The number of carbonyl (C=O) groups excluding carboxylic acids is 1. The number of nitrogens with one attached hydrogen (secondary N) is 1. The van der Waals surface area contributed by atoms with Crippen LogP contribution in [0, 0.1) is 6.92 Å². The van der Waals surface area contributed by atoms with Gasteiger partial charge in [-0.25, -0.2) is 0 Å². The van der Waals surface area contributed by atoms with Gasteiger partial charge in [-0.3, -0.25) is 9.59 Å². The van der Waals surface area contributed by atoms with Crippen LogP contribution >= 0.6 is 0 Å². The first-order valence-electron chi connectivity index (χ1n) is 10.3. The third kappa shape index (κ3) is 5.32. The van der Waals surface area contributed by atoms with Crippen molar-refractivity contribution in [2.24, 2.45) is 0 Å². The topological polar surface area (TPSA) is 54.3 Å². The van der Waals surface area contributed by atoms with E-state index in [0.29, 0.717) is 19.1 Å². The van der Waals surface area contributed by atoms with E-state index in [9.17, 15) is 9.59 Å². The number of amides is 1. The fourth-order valence-corrected chi connectivity index (χ4v) is 3.99. The molecule has 1 amide bonds. The normalized spacial score (nSPS) is 15.0.